The highest BCUT2D eigenvalue weighted by Crippen LogP contribution is 2.29. The Balaban J connectivity index is 2.59. The quantitative estimate of drug-likeness (QED) is 0.817. The summed E-state index contributed by atoms with van der Waals surface area (Å²) in [6.45, 7) is 11.5. The summed E-state index contributed by atoms with van der Waals surface area (Å²) >= 11 is 0. The van der Waals surface area contributed by atoms with Crippen molar-refractivity contribution < 1.29 is 4.79 Å². The van der Waals surface area contributed by atoms with Crippen molar-refractivity contribution in [1.82, 2.24) is 10.2 Å². The summed E-state index contributed by atoms with van der Waals surface area (Å²) in [4.78, 5) is 14.7. The molecular weight excluding hydrogens is 224 g/mol. The van der Waals surface area contributed by atoms with Gasteiger partial charge in [-0.15, -0.1) is 0 Å². The van der Waals surface area contributed by atoms with Gasteiger partial charge in [-0.25, -0.2) is 0 Å². The minimum atomic E-state index is -0.213. The lowest BCUT2D eigenvalue weighted by Gasteiger charge is -2.38. The van der Waals surface area contributed by atoms with Crippen LogP contribution in [0, 0.1) is 17.3 Å². The smallest absolute Gasteiger partial charge is 0.228 e. The van der Waals surface area contributed by atoms with Crippen molar-refractivity contribution in [3.8, 4) is 0 Å². The minimum Gasteiger partial charge on any atom is -0.342 e. The summed E-state index contributed by atoms with van der Waals surface area (Å²) in [5.41, 5.74) is -0.213. The number of nitrogens with one attached hydrogen (secondary N) is 1. The Kier molecular flexibility index (Phi) is 5.64. The van der Waals surface area contributed by atoms with Gasteiger partial charge in [-0.05, 0) is 44.7 Å². The lowest BCUT2D eigenvalue weighted by Crippen LogP contribution is -2.47. The molecule has 1 heterocycles. The Hall–Kier alpha value is -0.570. The number of amides is 1. The molecule has 1 saturated heterocycles. The van der Waals surface area contributed by atoms with E-state index in [0.29, 0.717) is 17.7 Å². The topological polar surface area (TPSA) is 32.3 Å². The highest BCUT2D eigenvalue weighted by Gasteiger charge is 2.34. The van der Waals surface area contributed by atoms with Crippen LogP contribution in [-0.4, -0.2) is 37.5 Å². The molecule has 1 fully saturated rings. The van der Waals surface area contributed by atoms with Crippen molar-refractivity contribution in [2.45, 2.75) is 47.0 Å². The van der Waals surface area contributed by atoms with Gasteiger partial charge in [0.25, 0.3) is 0 Å². The maximum absolute atomic E-state index is 12.6. The number of piperidine rings is 1. The molecule has 0 aromatic carbocycles. The minimum absolute atomic E-state index is 0.213. The molecule has 106 valence electrons. The molecule has 0 aromatic heterocycles. The number of rotatable bonds is 5. The second-order valence-electron chi connectivity index (χ2n) is 6.80. The van der Waals surface area contributed by atoms with Crippen molar-refractivity contribution in [2.24, 2.45) is 17.3 Å². The van der Waals surface area contributed by atoms with Crippen LogP contribution >= 0.6 is 0 Å². The first-order valence-electron chi connectivity index (χ1n) is 7.30. The van der Waals surface area contributed by atoms with Gasteiger partial charge in [-0.2, -0.15) is 0 Å². The van der Waals surface area contributed by atoms with Gasteiger partial charge in [0.05, 0.1) is 0 Å². The van der Waals surface area contributed by atoms with Crippen LogP contribution in [0.15, 0.2) is 0 Å². The third-order valence-corrected chi connectivity index (χ3v) is 3.80. The van der Waals surface area contributed by atoms with Crippen molar-refractivity contribution in [2.75, 3.05) is 26.7 Å². The molecule has 1 amide bonds. The Bertz CT molecular complexity index is 272. The van der Waals surface area contributed by atoms with E-state index in [1.54, 1.807) is 0 Å². The third kappa shape index (κ3) is 4.27. The van der Waals surface area contributed by atoms with Gasteiger partial charge in [-0.3, -0.25) is 4.79 Å². The van der Waals surface area contributed by atoms with Crippen LogP contribution in [0.4, 0.5) is 0 Å². The fraction of sp³-hybridized carbons (Fsp3) is 0.933. The Labute approximate surface area is 112 Å². The van der Waals surface area contributed by atoms with Crippen molar-refractivity contribution in [3.05, 3.63) is 0 Å². The number of hydrogen-bond acceptors (Lipinski definition) is 2. The van der Waals surface area contributed by atoms with Crippen LogP contribution < -0.4 is 5.32 Å². The van der Waals surface area contributed by atoms with E-state index >= 15 is 0 Å². The van der Waals surface area contributed by atoms with Crippen LogP contribution in [0.5, 0.6) is 0 Å². The molecule has 18 heavy (non-hydrogen) atoms. The molecule has 1 aliphatic rings. The zero-order chi connectivity index (χ0) is 13.8. The largest absolute Gasteiger partial charge is 0.342 e. The molecule has 1 unspecified atom stereocenters. The van der Waals surface area contributed by atoms with E-state index in [1.807, 2.05) is 7.05 Å². The number of carbonyl (C=O) groups is 1. The summed E-state index contributed by atoms with van der Waals surface area (Å²) in [6, 6.07) is 0. The first-order valence-corrected chi connectivity index (χ1v) is 7.30. The zero-order valence-corrected chi connectivity index (χ0v) is 12.8. The summed E-state index contributed by atoms with van der Waals surface area (Å²) in [5.74, 6) is 1.54. The molecule has 0 aliphatic carbocycles. The predicted molar refractivity (Wildman–Crippen MR) is 76.5 cm³/mol. The average Bonchev–Trinajstić information content (AvgIpc) is 2.27. The molecular formula is C15H30N2O. The van der Waals surface area contributed by atoms with Crippen LogP contribution in [0.25, 0.3) is 0 Å². The summed E-state index contributed by atoms with van der Waals surface area (Å²) in [7, 11) is 1.99. The fourth-order valence-corrected chi connectivity index (χ4v) is 3.24. The Morgan fingerprint density at radius 3 is 2.67 bits per heavy atom. The monoisotopic (exact) mass is 254 g/mol. The van der Waals surface area contributed by atoms with Gasteiger partial charge in [0.15, 0.2) is 0 Å². The zero-order valence-electron chi connectivity index (χ0n) is 12.8. The second kappa shape index (κ2) is 6.55. The first-order chi connectivity index (χ1) is 8.36. The van der Waals surface area contributed by atoms with Gasteiger partial charge >= 0.3 is 0 Å². The van der Waals surface area contributed by atoms with Gasteiger partial charge in [0.2, 0.25) is 5.91 Å². The van der Waals surface area contributed by atoms with E-state index in [4.69, 9.17) is 0 Å². The molecule has 1 rings (SSSR count). The SMILES string of the molecule is CNCC1CCCN(C(=O)C(C)(C)CC(C)C)C1. The van der Waals surface area contributed by atoms with Gasteiger partial charge in [0.1, 0.15) is 0 Å². The average molecular weight is 254 g/mol. The maximum atomic E-state index is 12.6. The molecule has 3 nitrogen and oxygen atoms in total. The third-order valence-electron chi connectivity index (χ3n) is 3.80. The van der Waals surface area contributed by atoms with E-state index in [0.717, 1.165) is 32.5 Å². The fourth-order valence-electron chi connectivity index (χ4n) is 3.24. The normalized spacial score (nSPS) is 21.4. The van der Waals surface area contributed by atoms with E-state index in [1.165, 1.54) is 6.42 Å². The molecule has 1 N–H and O–H groups in total. The molecule has 0 bridgehead atoms. The van der Waals surface area contributed by atoms with Gasteiger partial charge < -0.3 is 10.2 Å². The molecule has 3 heteroatoms. The summed E-state index contributed by atoms with van der Waals surface area (Å²) in [6.07, 6.45) is 3.37. The highest BCUT2D eigenvalue weighted by molar-refractivity contribution is 5.82. The van der Waals surface area contributed by atoms with Crippen molar-refractivity contribution in [3.63, 3.8) is 0 Å². The van der Waals surface area contributed by atoms with Crippen LogP contribution in [0.3, 0.4) is 0 Å². The lowest BCUT2D eigenvalue weighted by atomic mass is 9.82. The summed E-state index contributed by atoms with van der Waals surface area (Å²) in [5, 5.41) is 3.23. The van der Waals surface area contributed by atoms with Gasteiger partial charge in [0, 0.05) is 18.5 Å². The van der Waals surface area contributed by atoms with E-state index in [9.17, 15) is 4.79 Å². The van der Waals surface area contributed by atoms with E-state index in [-0.39, 0.29) is 5.41 Å². The predicted octanol–water partition coefficient (Wildman–Crippen LogP) is 2.52. The van der Waals surface area contributed by atoms with Gasteiger partial charge in [-0.1, -0.05) is 27.7 Å². The number of nitrogens with zero attached hydrogens (tertiary/aromatic N) is 1. The molecule has 0 aromatic rings. The van der Waals surface area contributed by atoms with Crippen LogP contribution in [-0.2, 0) is 4.79 Å². The molecule has 0 radical (unpaired) electrons. The number of likely N-dealkylation sites (tertiary alicyclic amines) is 1. The van der Waals surface area contributed by atoms with Crippen molar-refractivity contribution in [1.29, 1.82) is 0 Å². The molecule has 1 aliphatic heterocycles. The van der Waals surface area contributed by atoms with E-state index in [2.05, 4.69) is 37.9 Å². The number of hydrogen-bond donors (Lipinski definition) is 1. The first kappa shape index (κ1) is 15.5. The molecule has 0 spiro atoms. The van der Waals surface area contributed by atoms with Crippen molar-refractivity contribution >= 4 is 5.91 Å². The summed E-state index contributed by atoms with van der Waals surface area (Å²) < 4.78 is 0. The van der Waals surface area contributed by atoms with E-state index < -0.39 is 0 Å². The number of carbonyl (C=O) groups excluding carboxylic acids is 1. The van der Waals surface area contributed by atoms with Crippen LogP contribution in [0.1, 0.15) is 47.0 Å². The Morgan fingerprint density at radius 2 is 2.11 bits per heavy atom. The standard InChI is InChI=1S/C15H30N2O/c1-12(2)9-15(3,4)14(18)17-8-6-7-13(11-17)10-16-5/h12-13,16H,6-11H2,1-5H3. The lowest BCUT2D eigenvalue weighted by molar-refractivity contribution is -0.143. The second-order valence-corrected chi connectivity index (χ2v) is 6.80. The highest BCUT2D eigenvalue weighted by atomic mass is 16.2. The molecule has 1 atom stereocenters. The maximum Gasteiger partial charge on any atom is 0.228 e. The molecule has 0 saturated carbocycles. The van der Waals surface area contributed by atoms with Crippen LogP contribution in [0.2, 0.25) is 0 Å². The Morgan fingerprint density at radius 1 is 1.44 bits per heavy atom.